The summed E-state index contributed by atoms with van der Waals surface area (Å²) in [7, 11) is 0. The molecule has 0 saturated carbocycles. The number of carbonyl (C=O) groups is 1. The lowest BCUT2D eigenvalue weighted by molar-refractivity contribution is -0.121. The van der Waals surface area contributed by atoms with Crippen LogP contribution in [0.3, 0.4) is 0 Å². The molecular weight excluding hydrogens is 308 g/mol. The average Bonchev–Trinajstić information content (AvgIpc) is 2.54. The molecule has 0 aliphatic carbocycles. The van der Waals surface area contributed by atoms with Gasteiger partial charge >= 0.3 is 0 Å². The molecule has 2 rings (SSSR count). The van der Waals surface area contributed by atoms with Crippen molar-refractivity contribution in [2.45, 2.75) is 26.3 Å². The summed E-state index contributed by atoms with van der Waals surface area (Å²) in [6.07, 6.45) is 1.40. The third kappa shape index (κ3) is 6.43. The normalized spacial score (nSPS) is 10.5. The van der Waals surface area contributed by atoms with E-state index in [0.717, 1.165) is 23.6 Å². The smallest absolute Gasteiger partial charge is 0.221 e. The third-order valence-corrected chi connectivity index (χ3v) is 3.98. The first-order chi connectivity index (χ1) is 11.1. The Morgan fingerprint density at radius 3 is 2.70 bits per heavy atom. The van der Waals surface area contributed by atoms with Gasteiger partial charge in [-0.15, -0.1) is 0 Å². The molecular formula is C19H23ClN2O. The lowest BCUT2D eigenvalue weighted by Gasteiger charge is -2.08. The SMILES string of the molecule is Cc1ccccc1CNC(=O)CCNCCc1cccc(Cl)c1. The average molecular weight is 331 g/mol. The van der Waals surface area contributed by atoms with E-state index in [9.17, 15) is 4.79 Å². The van der Waals surface area contributed by atoms with Gasteiger partial charge in [-0.3, -0.25) is 4.79 Å². The molecule has 4 heteroatoms. The van der Waals surface area contributed by atoms with Gasteiger partial charge in [0.2, 0.25) is 5.91 Å². The van der Waals surface area contributed by atoms with Crippen LogP contribution < -0.4 is 10.6 Å². The Labute approximate surface area is 143 Å². The summed E-state index contributed by atoms with van der Waals surface area (Å²) < 4.78 is 0. The molecule has 0 aliphatic rings. The summed E-state index contributed by atoms with van der Waals surface area (Å²) in [6.45, 7) is 4.17. The zero-order valence-electron chi connectivity index (χ0n) is 13.4. The van der Waals surface area contributed by atoms with Gasteiger partial charge in [0.25, 0.3) is 0 Å². The van der Waals surface area contributed by atoms with E-state index in [0.29, 0.717) is 19.5 Å². The van der Waals surface area contributed by atoms with E-state index < -0.39 is 0 Å². The first-order valence-corrected chi connectivity index (χ1v) is 8.29. The van der Waals surface area contributed by atoms with Crippen molar-refractivity contribution in [3.63, 3.8) is 0 Å². The Morgan fingerprint density at radius 2 is 1.91 bits per heavy atom. The summed E-state index contributed by atoms with van der Waals surface area (Å²) >= 11 is 5.95. The quantitative estimate of drug-likeness (QED) is 0.727. The highest BCUT2D eigenvalue weighted by Crippen LogP contribution is 2.10. The number of halogens is 1. The van der Waals surface area contributed by atoms with Gasteiger partial charge in [-0.25, -0.2) is 0 Å². The van der Waals surface area contributed by atoms with Crippen LogP contribution >= 0.6 is 11.6 Å². The van der Waals surface area contributed by atoms with Gasteiger partial charge in [0.05, 0.1) is 0 Å². The highest BCUT2D eigenvalue weighted by Gasteiger charge is 2.02. The summed E-state index contributed by atoms with van der Waals surface area (Å²) in [6, 6.07) is 15.9. The second-order valence-electron chi connectivity index (χ2n) is 5.58. The fourth-order valence-electron chi connectivity index (χ4n) is 2.34. The fourth-order valence-corrected chi connectivity index (χ4v) is 2.56. The standard InChI is InChI=1S/C19H23ClN2O/c1-15-5-2-3-7-17(15)14-22-19(23)10-12-21-11-9-16-6-4-8-18(20)13-16/h2-8,13,21H,9-12,14H2,1H3,(H,22,23). The molecule has 2 N–H and O–H groups in total. The maximum absolute atomic E-state index is 11.8. The predicted molar refractivity (Wildman–Crippen MR) is 95.7 cm³/mol. The second kappa shape index (κ2) is 9.33. The minimum Gasteiger partial charge on any atom is -0.352 e. The van der Waals surface area contributed by atoms with Crippen molar-refractivity contribution in [3.8, 4) is 0 Å². The molecule has 0 atom stereocenters. The van der Waals surface area contributed by atoms with E-state index in [-0.39, 0.29) is 5.91 Å². The van der Waals surface area contributed by atoms with Gasteiger partial charge in [0.1, 0.15) is 0 Å². The van der Waals surface area contributed by atoms with Gasteiger partial charge in [-0.1, -0.05) is 48.0 Å². The van der Waals surface area contributed by atoms with Crippen LogP contribution in [0.15, 0.2) is 48.5 Å². The molecule has 23 heavy (non-hydrogen) atoms. The zero-order valence-corrected chi connectivity index (χ0v) is 14.2. The number of benzene rings is 2. The molecule has 2 aromatic rings. The number of hydrogen-bond donors (Lipinski definition) is 2. The van der Waals surface area contributed by atoms with Crippen molar-refractivity contribution in [3.05, 3.63) is 70.2 Å². The predicted octanol–water partition coefficient (Wildman–Crippen LogP) is 3.49. The van der Waals surface area contributed by atoms with Crippen molar-refractivity contribution in [2.75, 3.05) is 13.1 Å². The minimum absolute atomic E-state index is 0.0727. The van der Waals surface area contributed by atoms with Gasteiger partial charge in [0.15, 0.2) is 0 Å². The first-order valence-electron chi connectivity index (χ1n) is 7.91. The maximum Gasteiger partial charge on any atom is 0.221 e. The molecule has 0 aromatic heterocycles. The van der Waals surface area contributed by atoms with Crippen LogP contribution in [0, 0.1) is 6.92 Å². The van der Waals surface area contributed by atoms with Crippen molar-refractivity contribution in [2.24, 2.45) is 0 Å². The molecule has 1 amide bonds. The summed E-state index contributed by atoms with van der Waals surface area (Å²) in [5.74, 6) is 0.0727. The van der Waals surface area contributed by atoms with Crippen LogP contribution in [0.1, 0.15) is 23.1 Å². The van der Waals surface area contributed by atoms with Gasteiger partial charge in [0, 0.05) is 24.5 Å². The Kier molecular flexibility index (Phi) is 7.11. The van der Waals surface area contributed by atoms with Gasteiger partial charge in [-0.2, -0.15) is 0 Å². The molecule has 0 radical (unpaired) electrons. The molecule has 0 aliphatic heterocycles. The molecule has 0 bridgehead atoms. The Balaban J connectivity index is 1.59. The highest BCUT2D eigenvalue weighted by atomic mass is 35.5. The Hall–Kier alpha value is -1.84. The maximum atomic E-state index is 11.8. The van der Waals surface area contributed by atoms with E-state index >= 15 is 0 Å². The van der Waals surface area contributed by atoms with Gasteiger partial charge < -0.3 is 10.6 Å². The lowest BCUT2D eigenvalue weighted by Crippen LogP contribution is -2.28. The Bertz CT molecular complexity index is 643. The number of aryl methyl sites for hydroxylation is 1. The van der Waals surface area contributed by atoms with Crippen LogP contribution in [-0.4, -0.2) is 19.0 Å². The molecule has 2 aromatic carbocycles. The number of rotatable bonds is 8. The van der Waals surface area contributed by atoms with Crippen LogP contribution in [0.2, 0.25) is 5.02 Å². The summed E-state index contributed by atoms with van der Waals surface area (Å²) in [4.78, 5) is 11.8. The monoisotopic (exact) mass is 330 g/mol. The molecule has 0 unspecified atom stereocenters. The molecule has 122 valence electrons. The first kappa shape index (κ1) is 17.5. The summed E-state index contributed by atoms with van der Waals surface area (Å²) in [5, 5.41) is 7.01. The van der Waals surface area contributed by atoms with E-state index in [1.165, 1.54) is 11.1 Å². The second-order valence-corrected chi connectivity index (χ2v) is 6.02. The van der Waals surface area contributed by atoms with Crippen molar-refractivity contribution in [1.29, 1.82) is 0 Å². The summed E-state index contributed by atoms with van der Waals surface area (Å²) in [5.41, 5.74) is 3.57. The van der Waals surface area contributed by atoms with Crippen LogP contribution in [0.5, 0.6) is 0 Å². The molecule has 0 fully saturated rings. The Morgan fingerprint density at radius 1 is 1.09 bits per heavy atom. The zero-order chi connectivity index (χ0) is 16.5. The van der Waals surface area contributed by atoms with Crippen molar-refractivity contribution < 1.29 is 4.79 Å². The molecule has 3 nitrogen and oxygen atoms in total. The van der Waals surface area contributed by atoms with Gasteiger partial charge in [-0.05, 0) is 48.7 Å². The van der Waals surface area contributed by atoms with Crippen LogP contribution in [0.4, 0.5) is 0 Å². The van der Waals surface area contributed by atoms with E-state index in [1.807, 2.05) is 36.4 Å². The van der Waals surface area contributed by atoms with Crippen LogP contribution in [-0.2, 0) is 17.8 Å². The highest BCUT2D eigenvalue weighted by molar-refractivity contribution is 6.30. The number of amides is 1. The van der Waals surface area contributed by atoms with Crippen molar-refractivity contribution in [1.82, 2.24) is 10.6 Å². The van der Waals surface area contributed by atoms with E-state index in [4.69, 9.17) is 11.6 Å². The minimum atomic E-state index is 0.0727. The van der Waals surface area contributed by atoms with Crippen molar-refractivity contribution >= 4 is 17.5 Å². The lowest BCUT2D eigenvalue weighted by atomic mass is 10.1. The fraction of sp³-hybridized carbons (Fsp3) is 0.316. The molecule has 0 spiro atoms. The number of hydrogen-bond acceptors (Lipinski definition) is 2. The number of carbonyl (C=O) groups excluding carboxylic acids is 1. The number of nitrogens with one attached hydrogen (secondary N) is 2. The molecule has 0 saturated heterocycles. The third-order valence-electron chi connectivity index (χ3n) is 3.75. The van der Waals surface area contributed by atoms with E-state index in [1.54, 1.807) is 0 Å². The van der Waals surface area contributed by atoms with Crippen LogP contribution in [0.25, 0.3) is 0 Å². The van der Waals surface area contributed by atoms with E-state index in [2.05, 4.69) is 29.7 Å². The molecule has 0 heterocycles. The largest absolute Gasteiger partial charge is 0.352 e. The topological polar surface area (TPSA) is 41.1 Å².